The molecule has 0 aliphatic carbocycles. The van der Waals surface area contributed by atoms with Crippen LogP contribution >= 0.6 is 0 Å². The zero-order valence-electron chi connectivity index (χ0n) is 11.8. The number of nitrogens with one attached hydrogen (secondary N) is 2. The van der Waals surface area contributed by atoms with Crippen LogP contribution in [0.2, 0.25) is 0 Å². The second-order valence-electron chi connectivity index (χ2n) is 5.16. The maximum atomic E-state index is 11.6. The van der Waals surface area contributed by atoms with Gasteiger partial charge in [0.1, 0.15) is 0 Å². The minimum atomic E-state index is -0.550. The summed E-state index contributed by atoms with van der Waals surface area (Å²) in [6, 6.07) is 0. The molecule has 0 spiro atoms. The Balaban J connectivity index is 1.72. The number of H-pyrrole nitrogens is 1. The van der Waals surface area contributed by atoms with Gasteiger partial charge in [-0.2, -0.15) is 0 Å². The maximum Gasteiger partial charge on any atom is 0.411 e. The van der Waals surface area contributed by atoms with Gasteiger partial charge in [0.15, 0.2) is 5.79 Å². The van der Waals surface area contributed by atoms with Crippen LogP contribution in [0.15, 0.2) is 6.20 Å². The molecule has 20 heavy (non-hydrogen) atoms. The first-order valence-electron chi connectivity index (χ1n) is 6.48. The minimum absolute atomic E-state index is 0.0418. The maximum absolute atomic E-state index is 11.6. The van der Waals surface area contributed by atoms with Crippen molar-refractivity contribution in [3.63, 3.8) is 0 Å². The molecule has 0 aromatic carbocycles. The number of rotatable bonds is 4. The molecule has 6 nitrogen and oxygen atoms in total. The van der Waals surface area contributed by atoms with Crippen molar-refractivity contribution in [2.45, 2.75) is 32.2 Å². The molecule has 1 aromatic heterocycles. The van der Waals surface area contributed by atoms with Crippen LogP contribution in [0.1, 0.15) is 20.3 Å². The van der Waals surface area contributed by atoms with Crippen molar-refractivity contribution in [2.75, 3.05) is 18.5 Å². The molecule has 1 aliphatic rings. The lowest BCUT2D eigenvalue weighted by molar-refractivity contribution is -0.139. The topological polar surface area (TPSA) is 72.6 Å². The van der Waals surface area contributed by atoms with Crippen LogP contribution in [0, 0.1) is 0 Å². The SMILES string of the molecule is C=c1[nH]cc(NC(=O)OCCC2COC(C)(C)O2)c1=C. The lowest BCUT2D eigenvalue weighted by atomic mass is 10.3. The molecule has 2 heterocycles. The van der Waals surface area contributed by atoms with E-state index in [9.17, 15) is 4.79 Å². The fraction of sp³-hybridized carbons (Fsp3) is 0.500. The Hall–Kier alpha value is -1.79. The lowest BCUT2D eigenvalue weighted by Gasteiger charge is -2.16. The molecule has 0 radical (unpaired) electrons. The Bertz CT molecular complexity index is 578. The van der Waals surface area contributed by atoms with Gasteiger partial charge in [-0.1, -0.05) is 13.2 Å². The molecule has 0 bridgehead atoms. The fourth-order valence-electron chi connectivity index (χ4n) is 1.94. The molecule has 1 atom stereocenters. The molecule has 1 aliphatic heterocycles. The number of carbonyl (C=O) groups excluding carboxylic acids is 1. The van der Waals surface area contributed by atoms with Crippen molar-refractivity contribution < 1.29 is 19.0 Å². The van der Waals surface area contributed by atoms with Gasteiger partial charge in [0, 0.05) is 23.2 Å². The summed E-state index contributed by atoms with van der Waals surface area (Å²) < 4.78 is 16.1. The number of hydrogen-bond acceptors (Lipinski definition) is 4. The lowest BCUT2D eigenvalue weighted by Crippen LogP contribution is -2.25. The van der Waals surface area contributed by atoms with E-state index in [1.165, 1.54) is 0 Å². The van der Waals surface area contributed by atoms with Crippen LogP contribution in [0.5, 0.6) is 0 Å². The molecule has 1 aromatic rings. The van der Waals surface area contributed by atoms with Crippen LogP contribution < -0.4 is 15.9 Å². The smallest absolute Gasteiger partial charge is 0.411 e. The van der Waals surface area contributed by atoms with E-state index in [4.69, 9.17) is 14.2 Å². The molecule has 1 amide bonds. The van der Waals surface area contributed by atoms with Gasteiger partial charge in [0.25, 0.3) is 0 Å². The summed E-state index contributed by atoms with van der Waals surface area (Å²) in [5.41, 5.74) is 0.571. The molecular formula is C14H20N2O4. The van der Waals surface area contributed by atoms with E-state index in [1.807, 2.05) is 13.8 Å². The van der Waals surface area contributed by atoms with Gasteiger partial charge in [-0.3, -0.25) is 5.32 Å². The highest BCUT2D eigenvalue weighted by molar-refractivity contribution is 5.84. The molecule has 1 fully saturated rings. The van der Waals surface area contributed by atoms with Gasteiger partial charge < -0.3 is 19.2 Å². The third-order valence-corrected chi connectivity index (χ3v) is 3.06. The van der Waals surface area contributed by atoms with E-state index in [1.54, 1.807) is 6.20 Å². The monoisotopic (exact) mass is 280 g/mol. The number of aromatic nitrogens is 1. The van der Waals surface area contributed by atoms with Crippen LogP contribution in [0.25, 0.3) is 13.2 Å². The van der Waals surface area contributed by atoms with Gasteiger partial charge >= 0.3 is 6.09 Å². The molecule has 110 valence electrons. The average molecular weight is 280 g/mol. The normalized spacial score (nSPS) is 20.8. The largest absolute Gasteiger partial charge is 0.449 e. The number of ether oxygens (including phenoxy) is 3. The van der Waals surface area contributed by atoms with E-state index in [0.29, 0.717) is 29.3 Å². The van der Waals surface area contributed by atoms with Crippen LogP contribution in [-0.4, -0.2) is 36.2 Å². The van der Waals surface area contributed by atoms with E-state index < -0.39 is 11.9 Å². The quantitative estimate of drug-likeness (QED) is 0.860. The molecule has 1 unspecified atom stereocenters. The third-order valence-electron chi connectivity index (χ3n) is 3.06. The second kappa shape index (κ2) is 5.68. The first-order chi connectivity index (χ1) is 9.37. The Kier molecular flexibility index (Phi) is 4.15. The standard InChI is InChI=1S/C14H20N2O4/c1-9-10(2)15-7-12(9)16-13(17)18-6-5-11-8-19-14(3,4)20-11/h7,11,15H,1-2,5-6,8H2,3-4H3,(H,16,17). The minimum Gasteiger partial charge on any atom is -0.449 e. The predicted molar refractivity (Wildman–Crippen MR) is 75.6 cm³/mol. The second-order valence-corrected chi connectivity index (χ2v) is 5.16. The first kappa shape index (κ1) is 14.6. The van der Waals surface area contributed by atoms with Gasteiger partial charge in [0.05, 0.1) is 25.0 Å². The summed E-state index contributed by atoms with van der Waals surface area (Å²) in [6.45, 7) is 12.0. The number of anilines is 1. The first-order valence-corrected chi connectivity index (χ1v) is 6.48. The highest BCUT2D eigenvalue weighted by atomic mass is 16.7. The Morgan fingerprint density at radius 1 is 1.60 bits per heavy atom. The number of aromatic amines is 1. The van der Waals surface area contributed by atoms with Gasteiger partial charge in [-0.05, 0) is 13.8 Å². The van der Waals surface area contributed by atoms with Crippen molar-refractivity contribution in [3.8, 4) is 0 Å². The van der Waals surface area contributed by atoms with Crippen LogP contribution in [0.4, 0.5) is 10.5 Å². The van der Waals surface area contributed by atoms with Crippen LogP contribution in [0.3, 0.4) is 0 Å². The summed E-state index contributed by atoms with van der Waals surface area (Å²) >= 11 is 0. The average Bonchev–Trinajstić information content (AvgIpc) is 2.86. The summed E-state index contributed by atoms with van der Waals surface area (Å²) in [5.74, 6) is -0.550. The van der Waals surface area contributed by atoms with E-state index in [0.717, 1.165) is 0 Å². The Morgan fingerprint density at radius 2 is 2.35 bits per heavy atom. The fourth-order valence-corrected chi connectivity index (χ4v) is 1.94. The zero-order valence-corrected chi connectivity index (χ0v) is 11.8. The highest BCUT2D eigenvalue weighted by Crippen LogP contribution is 2.23. The molecule has 2 N–H and O–H groups in total. The summed E-state index contributed by atoms with van der Waals surface area (Å²) in [7, 11) is 0. The molecule has 1 saturated heterocycles. The van der Waals surface area contributed by atoms with Crippen LogP contribution in [-0.2, 0) is 14.2 Å². The molecular weight excluding hydrogens is 260 g/mol. The van der Waals surface area contributed by atoms with Crippen molar-refractivity contribution in [2.24, 2.45) is 0 Å². The van der Waals surface area contributed by atoms with E-state index in [-0.39, 0.29) is 12.7 Å². The van der Waals surface area contributed by atoms with E-state index >= 15 is 0 Å². The summed E-state index contributed by atoms with van der Waals surface area (Å²) in [4.78, 5) is 14.5. The summed E-state index contributed by atoms with van der Waals surface area (Å²) in [6.07, 6.45) is 1.66. The number of carbonyl (C=O) groups is 1. The van der Waals surface area contributed by atoms with Gasteiger partial charge in [-0.15, -0.1) is 0 Å². The van der Waals surface area contributed by atoms with E-state index in [2.05, 4.69) is 23.5 Å². The van der Waals surface area contributed by atoms with Gasteiger partial charge in [-0.25, -0.2) is 4.79 Å². The molecule has 0 saturated carbocycles. The highest BCUT2D eigenvalue weighted by Gasteiger charge is 2.32. The Labute approximate surface area is 117 Å². The third kappa shape index (κ3) is 3.61. The summed E-state index contributed by atoms with van der Waals surface area (Å²) in [5, 5.41) is 3.92. The van der Waals surface area contributed by atoms with Crippen molar-refractivity contribution >= 4 is 24.9 Å². The molecule has 2 rings (SSSR count). The van der Waals surface area contributed by atoms with Crippen molar-refractivity contribution in [1.82, 2.24) is 4.98 Å². The van der Waals surface area contributed by atoms with Gasteiger partial charge in [0.2, 0.25) is 0 Å². The zero-order chi connectivity index (χ0) is 14.8. The predicted octanol–water partition coefficient (Wildman–Crippen LogP) is 0.925. The molecule has 6 heteroatoms. The Morgan fingerprint density at radius 3 is 2.90 bits per heavy atom. The number of amides is 1. The number of hydrogen-bond donors (Lipinski definition) is 2. The van der Waals surface area contributed by atoms with Crippen molar-refractivity contribution in [1.29, 1.82) is 0 Å². The van der Waals surface area contributed by atoms with Crippen molar-refractivity contribution in [3.05, 3.63) is 16.8 Å².